The molecule has 0 aromatic carbocycles. The van der Waals surface area contributed by atoms with Crippen LogP contribution in [0.1, 0.15) is 25.7 Å². The van der Waals surface area contributed by atoms with Gasteiger partial charge in [0.2, 0.25) is 0 Å². The van der Waals surface area contributed by atoms with Gasteiger partial charge in [0, 0.05) is 12.8 Å². The quantitative estimate of drug-likeness (QED) is 0.103. The number of aliphatic hydroxyl groups is 7. The number of hydrogen-bond donors (Lipinski definition) is 7. The highest BCUT2D eigenvalue weighted by molar-refractivity contribution is 5.69. The fourth-order valence-corrected chi connectivity index (χ4v) is 3.22. The van der Waals surface area contributed by atoms with E-state index in [-0.39, 0.29) is 6.42 Å². The maximum atomic E-state index is 11.8. The van der Waals surface area contributed by atoms with Crippen molar-refractivity contribution in [2.45, 2.75) is 87.1 Å². The SMILES string of the molecule is C#CCCCCC(=O)OCC1O[C@H](O[C@H]2OC(CO)[C@@H](O)C(O)C2O)C(O)C(O)[C@@H]1O. The van der Waals surface area contributed by atoms with Crippen molar-refractivity contribution in [1.82, 2.24) is 0 Å². The second-order valence-corrected chi connectivity index (χ2v) is 7.44. The van der Waals surface area contributed by atoms with Crippen molar-refractivity contribution in [2.75, 3.05) is 13.2 Å². The van der Waals surface area contributed by atoms with E-state index in [1.807, 2.05) is 0 Å². The van der Waals surface area contributed by atoms with E-state index < -0.39 is 80.6 Å². The van der Waals surface area contributed by atoms with Gasteiger partial charge in [-0.1, -0.05) is 0 Å². The summed E-state index contributed by atoms with van der Waals surface area (Å²) in [6, 6.07) is 0. The van der Waals surface area contributed by atoms with Crippen LogP contribution in [0, 0.1) is 12.3 Å². The molecular weight excluding hydrogens is 420 g/mol. The van der Waals surface area contributed by atoms with Gasteiger partial charge in [-0.05, 0) is 12.8 Å². The Morgan fingerprint density at radius 2 is 1.39 bits per heavy atom. The molecule has 12 heteroatoms. The maximum Gasteiger partial charge on any atom is 0.305 e. The van der Waals surface area contributed by atoms with Crippen LogP contribution in [-0.4, -0.2) is 116 Å². The first-order valence-electron chi connectivity index (χ1n) is 9.96. The monoisotopic (exact) mass is 450 g/mol. The van der Waals surface area contributed by atoms with Crippen molar-refractivity contribution in [3.8, 4) is 12.3 Å². The van der Waals surface area contributed by atoms with Crippen molar-refractivity contribution in [3.63, 3.8) is 0 Å². The lowest BCUT2D eigenvalue weighted by atomic mass is 9.98. The second kappa shape index (κ2) is 12.0. The van der Waals surface area contributed by atoms with Gasteiger partial charge >= 0.3 is 5.97 Å². The fourth-order valence-electron chi connectivity index (χ4n) is 3.22. The third-order valence-corrected chi connectivity index (χ3v) is 5.15. The number of carbonyl (C=O) groups is 1. The Morgan fingerprint density at radius 3 is 1.94 bits per heavy atom. The predicted octanol–water partition coefficient (Wildman–Crippen LogP) is -3.65. The number of hydrogen-bond acceptors (Lipinski definition) is 12. The van der Waals surface area contributed by atoms with Crippen LogP contribution in [0.4, 0.5) is 0 Å². The molecule has 7 N–H and O–H groups in total. The number of ether oxygens (including phenoxy) is 4. The summed E-state index contributed by atoms with van der Waals surface area (Å²) in [7, 11) is 0. The van der Waals surface area contributed by atoms with E-state index in [0.29, 0.717) is 19.3 Å². The van der Waals surface area contributed by atoms with Gasteiger partial charge in [0.25, 0.3) is 0 Å². The Kier molecular flexibility index (Phi) is 10.0. The lowest BCUT2D eigenvalue weighted by Crippen LogP contribution is -2.63. The summed E-state index contributed by atoms with van der Waals surface area (Å²) in [4.78, 5) is 11.8. The first-order valence-corrected chi connectivity index (χ1v) is 9.96. The molecule has 0 aliphatic carbocycles. The minimum absolute atomic E-state index is 0.0977. The van der Waals surface area contributed by atoms with Gasteiger partial charge in [0.1, 0.15) is 55.4 Å². The summed E-state index contributed by atoms with van der Waals surface area (Å²) < 4.78 is 20.9. The Bertz CT molecular complexity index is 607. The molecule has 12 nitrogen and oxygen atoms in total. The zero-order valence-corrected chi connectivity index (χ0v) is 16.8. The summed E-state index contributed by atoms with van der Waals surface area (Å²) in [5, 5.41) is 69.2. The topological polar surface area (TPSA) is 196 Å². The number of esters is 1. The molecule has 0 aromatic rings. The van der Waals surface area contributed by atoms with E-state index in [4.69, 9.17) is 25.4 Å². The molecule has 0 spiro atoms. The molecule has 2 saturated heterocycles. The van der Waals surface area contributed by atoms with Crippen LogP contribution < -0.4 is 0 Å². The van der Waals surface area contributed by atoms with Crippen molar-refractivity contribution < 1.29 is 59.5 Å². The van der Waals surface area contributed by atoms with Gasteiger partial charge in [0.15, 0.2) is 12.6 Å². The Morgan fingerprint density at radius 1 is 0.839 bits per heavy atom. The van der Waals surface area contributed by atoms with Gasteiger partial charge in [-0.15, -0.1) is 12.3 Å². The van der Waals surface area contributed by atoms with E-state index in [9.17, 15) is 40.5 Å². The summed E-state index contributed by atoms with van der Waals surface area (Å²) in [5.74, 6) is 1.88. The average Bonchev–Trinajstić information content (AvgIpc) is 2.76. The van der Waals surface area contributed by atoms with Crippen LogP contribution in [-0.2, 0) is 23.7 Å². The van der Waals surface area contributed by atoms with Crippen LogP contribution in [0.15, 0.2) is 0 Å². The van der Waals surface area contributed by atoms with Crippen LogP contribution in [0.25, 0.3) is 0 Å². The Hall–Kier alpha value is -1.37. The summed E-state index contributed by atoms with van der Waals surface area (Å²) in [6.45, 7) is -1.15. The zero-order chi connectivity index (χ0) is 23.1. The fraction of sp³-hybridized carbons (Fsp3) is 0.842. The molecule has 2 aliphatic heterocycles. The van der Waals surface area contributed by atoms with Crippen molar-refractivity contribution in [3.05, 3.63) is 0 Å². The van der Waals surface area contributed by atoms with Crippen molar-refractivity contribution >= 4 is 5.97 Å². The van der Waals surface area contributed by atoms with E-state index in [2.05, 4.69) is 5.92 Å². The zero-order valence-electron chi connectivity index (χ0n) is 16.8. The highest BCUT2D eigenvalue weighted by Gasteiger charge is 2.49. The smallest absolute Gasteiger partial charge is 0.305 e. The van der Waals surface area contributed by atoms with Crippen LogP contribution in [0.2, 0.25) is 0 Å². The molecule has 0 aromatic heterocycles. The molecule has 2 fully saturated rings. The van der Waals surface area contributed by atoms with Crippen LogP contribution >= 0.6 is 0 Å². The minimum atomic E-state index is -1.78. The molecule has 10 atom stereocenters. The van der Waals surface area contributed by atoms with Crippen LogP contribution in [0.5, 0.6) is 0 Å². The number of aliphatic hydroxyl groups excluding tert-OH is 7. The molecule has 0 bridgehead atoms. The maximum absolute atomic E-state index is 11.8. The standard InChI is InChI=1S/C19H30O12/c1-2-3-4-5-6-11(21)28-8-10-13(23)15(25)17(27)19(30-10)31-18-16(26)14(24)12(22)9(7-20)29-18/h1,9-10,12-20,22-27H,3-8H2/t9?,10?,12-,13-,14?,15?,16?,17?,18-,19-/m1/s1. The third-order valence-electron chi connectivity index (χ3n) is 5.15. The molecule has 178 valence electrons. The molecule has 0 radical (unpaired) electrons. The Balaban J connectivity index is 1.94. The minimum Gasteiger partial charge on any atom is -0.463 e. The first kappa shape index (κ1) is 25.9. The highest BCUT2D eigenvalue weighted by atomic mass is 16.8. The van der Waals surface area contributed by atoms with E-state index in [1.54, 1.807) is 0 Å². The first-order chi connectivity index (χ1) is 14.7. The molecule has 2 rings (SSSR count). The predicted molar refractivity (Wildman–Crippen MR) is 99.8 cm³/mol. The van der Waals surface area contributed by atoms with Gasteiger partial charge in [-0.3, -0.25) is 4.79 Å². The van der Waals surface area contributed by atoms with Gasteiger partial charge in [0.05, 0.1) is 6.61 Å². The van der Waals surface area contributed by atoms with E-state index in [1.165, 1.54) is 0 Å². The van der Waals surface area contributed by atoms with E-state index in [0.717, 1.165) is 0 Å². The Labute approximate surface area is 178 Å². The molecule has 0 saturated carbocycles. The second-order valence-electron chi connectivity index (χ2n) is 7.44. The van der Waals surface area contributed by atoms with Gasteiger partial charge in [-0.2, -0.15) is 0 Å². The molecule has 2 heterocycles. The summed E-state index contributed by atoms with van der Waals surface area (Å²) >= 11 is 0. The highest BCUT2D eigenvalue weighted by Crippen LogP contribution is 2.28. The van der Waals surface area contributed by atoms with Gasteiger partial charge < -0.3 is 54.7 Å². The molecule has 2 aliphatic rings. The number of terminal acetylenes is 1. The van der Waals surface area contributed by atoms with Gasteiger partial charge in [-0.25, -0.2) is 0 Å². The van der Waals surface area contributed by atoms with Crippen molar-refractivity contribution in [2.24, 2.45) is 0 Å². The van der Waals surface area contributed by atoms with Crippen LogP contribution in [0.3, 0.4) is 0 Å². The molecule has 6 unspecified atom stereocenters. The normalized spacial score (nSPS) is 40.8. The summed E-state index contributed by atoms with van der Waals surface area (Å²) in [6.07, 6.45) is -9.16. The lowest BCUT2D eigenvalue weighted by Gasteiger charge is -2.44. The van der Waals surface area contributed by atoms with E-state index >= 15 is 0 Å². The molecular formula is C19H30O12. The number of rotatable bonds is 9. The lowest BCUT2D eigenvalue weighted by molar-refractivity contribution is -0.376. The number of unbranched alkanes of at least 4 members (excludes halogenated alkanes) is 2. The van der Waals surface area contributed by atoms with Crippen molar-refractivity contribution in [1.29, 1.82) is 0 Å². The molecule has 31 heavy (non-hydrogen) atoms. The summed E-state index contributed by atoms with van der Waals surface area (Å²) in [5.41, 5.74) is 0. The average molecular weight is 450 g/mol. The third kappa shape index (κ3) is 6.56. The largest absolute Gasteiger partial charge is 0.463 e. The molecule has 0 amide bonds. The number of carbonyl (C=O) groups excluding carboxylic acids is 1.